The van der Waals surface area contributed by atoms with E-state index in [-0.39, 0.29) is 11.4 Å². The number of halogens is 2. The van der Waals surface area contributed by atoms with Gasteiger partial charge in [0.15, 0.2) is 0 Å². The van der Waals surface area contributed by atoms with Crippen molar-refractivity contribution in [3.8, 4) is 6.07 Å². The average Bonchev–Trinajstić information content (AvgIpc) is 2.66. The third kappa shape index (κ3) is 5.35. The quantitative estimate of drug-likeness (QED) is 0.290. The highest BCUT2D eigenvalue weighted by Crippen LogP contribution is 2.18. The second-order valence-corrected chi connectivity index (χ2v) is 6.08. The van der Waals surface area contributed by atoms with Gasteiger partial charge in [-0.25, -0.2) is 0 Å². The zero-order chi connectivity index (χ0) is 18.1. The normalized spacial score (nSPS) is 11.0. The summed E-state index contributed by atoms with van der Waals surface area (Å²) < 4.78 is 0. The summed E-state index contributed by atoms with van der Waals surface area (Å²) in [5.74, 6) is 0.754. The van der Waals surface area contributed by atoms with E-state index in [1.807, 2.05) is 36.4 Å². The molecule has 0 bridgehead atoms. The fraction of sp³-hybridized carbons (Fsp3) is 0.200. The van der Waals surface area contributed by atoms with Crippen molar-refractivity contribution in [1.82, 2.24) is 0 Å². The number of carbonyl (C=O) groups excluding carboxylic acids is 1. The number of alkyl halides is 2. The molecule has 2 aromatic carbocycles. The SMILES string of the molecule is N#C/C(=C\c1ccc(N(CCCl)CCCl)cc1)C(=O)c1ccccc1. The first-order valence-corrected chi connectivity index (χ1v) is 8.95. The van der Waals surface area contributed by atoms with E-state index < -0.39 is 0 Å². The topological polar surface area (TPSA) is 44.1 Å². The van der Waals surface area contributed by atoms with Gasteiger partial charge in [0.1, 0.15) is 11.6 Å². The number of hydrogen-bond acceptors (Lipinski definition) is 3. The zero-order valence-electron chi connectivity index (χ0n) is 13.7. The van der Waals surface area contributed by atoms with Crippen LogP contribution in [0.4, 0.5) is 5.69 Å². The summed E-state index contributed by atoms with van der Waals surface area (Å²) in [5.41, 5.74) is 2.41. The largest absolute Gasteiger partial charge is 0.369 e. The average molecular weight is 373 g/mol. The molecule has 0 saturated carbocycles. The Morgan fingerprint density at radius 2 is 1.60 bits per heavy atom. The van der Waals surface area contributed by atoms with Gasteiger partial charge in [0, 0.05) is 36.1 Å². The number of Topliss-reactive ketones (excluding diaryl/α,β-unsaturated/α-hetero) is 1. The van der Waals surface area contributed by atoms with Crippen molar-refractivity contribution in [1.29, 1.82) is 5.26 Å². The fourth-order valence-corrected chi connectivity index (χ4v) is 2.82. The lowest BCUT2D eigenvalue weighted by molar-refractivity contribution is 0.104. The van der Waals surface area contributed by atoms with Crippen molar-refractivity contribution >= 4 is 40.7 Å². The summed E-state index contributed by atoms with van der Waals surface area (Å²) in [6.45, 7) is 1.42. The molecule has 3 nitrogen and oxygen atoms in total. The number of nitrogens with zero attached hydrogens (tertiary/aromatic N) is 2. The molecule has 0 aliphatic rings. The highest BCUT2D eigenvalue weighted by atomic mass is 35.5. The van der Waals surface area contributed by atoms with Gasteiger partial charge in [0.2, 0.25) is 5.78 Å². The first kappa shape index (κ1) is 19.1. The van der Waals surface area contributed by atoms with Crippen LogP contribution >= 0.6 is 23.2 Å². The van der Waals surface area contributed by atoms with Crippen LogP contribution in [0.5, 0.6) is 0 Å². The molecule has 0 N–H and O–H groups in total. The first-order chi connectivity index (χ1) is 12.2. The number of anilines is 1. The molecule has 0 unspecified atom stereocenters. The molecule has 0 aromatic heterocycles. The van der Waals surface area contributed by atoms with Crippen molar-refractivity contribution in [2.45, 2.75) is 0 Å². The summed E-state index contributed by atoms with van der Waals surface area (Å²) in [6.07, 6.45) is 1.60. The lowest BCUT2D eigenvalue weighted by atomic mass is 10.0. The molecule has 0 spiro atoms. The van der Waals surface area contributed by atoms with Gasteiger partial charge in [-0.1, -0.05) is 42.5 Å². The van der Waals surface area contributed by atoms with Crippen LogP contribution in [-0.2, 0) is 0 Å². The van der Waals surface area contributed by atoms with Gasteiger partial charge < -0.3 is 4.90 Å². The summed E-state index contributed by atoms with van der Waals surface area (Å²) in [5, 5.41) is 9.33. The van der Waals surface area contributed by atoms with Gasteiger partial charge in [0.25, 0.3) is 0 Å². The molecule has 128 valence electrons. The lowest BCUT2D eigenvalue weighted by Gasteiger charge is -2.22. The number of carbonyl (C=O) groups is 1. The maximum Gasteiger partial charge on any atom is 0.203 e. The van der Waals surface area contributed by atoms with Crippen LogP contribution in [0.1, 0.15) is 15.9 Å². The van der Waals surface area contributed by atoms with Crippen LogP contribution < -0.4 is 4.90 Å². The summed E-state index contributed by atoms with van der Waals surface area (Å²) in [7, 11) is 0. The highest BCUT2D eigenvalue weighted by Gasteiger charge is 2.11. The molecular formula is C20H18Cl2N2O. The number of ketones is 1. The minimum atomic E-state index is -0.280. The van der Waals surface area contributed by atoms with E-state index in [0.29, 0.717) is 30.4 Å². The van der Waals surface area contributed by atoms with Gasteiger partial charge in [-0.2, -0.15) is 5.26 Å². The van der Waals surface area contributed by atoms with Gasteiger partial charge in [0.05, 0.1) is 0 Å². The maximum absolute atomic E-state index is 12.4. The van der Waals surface area contributed by atoms with Crippen LogP contribution in [0.2, 0.25) is 0 Å². The molecule has 0 aliphatic heterocycles. The molecule has 0 saturated heterocycles. The number of hydrogen-bond donors (Lipinski definition) is 0. The lowest BCUT2D eigenvalue weighted by Crippen LogP contribution is -2.27. The summed E-state index contributed by atoms with van der Waals surface area (Å²) in [6, 6.07) is 18.4. The maximum atomic E-state index is 12.4. The Morgan fingerprint density at radius 1 is 1.00 bits per heavy atom. The fourth-order valence-electron chi connectivity index (χ4n) is 2.42. The van der Waals surface area contributed by atoms with Crippen LogP contribution in [0.25, 0.3) is 6.08 Å². The highest BCUT2D eigenvalue weighted by molar-refractivity contribution is 6.18. The van der Waals surface area contributed by atoms with Crippen molar-refractivity contribution in [3.63, 3.8) is 0 Å². The third-order valence-corrected chi connectivity index (χ3v) is 4.02. The summed E-state index contributed by atoms with van der Waals surface area (Å²) in [4.78, 5) is 14.5. The van der Waals surface area contributed by atoms with Crippen molar-refractivity contribution in [2.75, 3.05) is 29.7 Å². The number of rotatable bonds is 8. The van der Waals surface area contributed by atoms with Crippen LogP contribution in [0.3, 0.4) is 0 Å². The van der Waals surface area contributed by atoms with E-state index in [4.69, 9.17) is 23.2 Å². The molecule has 0 radical (unpaired) electrons. The number of nitriles is 1. The molecule has 25 heavy (non-hydrogen) atoms. The van der Waals surface area contributed by atoms with E-state index in [9.17, 15) is 10.1 Å². The van der Waals surface area contributed by atoms with Crippen molar-refractivity contribution in [3.05, 3.63) is 71.3 Å². The molecule has 0 aliphatic carbocycles. The Bertz CT molecular complexity index is 759. The van der Waals surface area contributed by atoms with Gasteiger partial charge >= 0.3 is 0 Å². The molecule has 2 aromatic rings. The minimum absolute atomic E-state index is 0.109. The monoisotopic (exact) mass is 372 g/mol. The van der Waals surface area contributed by atoms with Crippen LogP contribution in [0, 0.1) is 11.3 Å². The van der Waals surface area contributed by atoms with Gasteiger partial charge in [-0.3, -0.25) is 4.79 Å². The molecule has 0 fully saturated rings. The third-order valence-electron chi connectivity index (χ3n) is 3.68. The van der Waals surface area contributed by atoms with E-state index in [2.05, 4.69) is 4.90 Å². The molecule has 5 heteroatoms. The molecule has 2 rings (SSSR count). The Hall–Kier alpha value is -2.28. The summed E-state index contributed by atoms with van der Waals surface area (Å²) >= 11 is 11.7. The van der Waals surface area contributed by atoms with E-state index >= 15 is 0 Å². The Balaban J connectivity index is 2.21. The van der Waals surface area contributed by atoms with E-state index in [1.165, 1.54) is 0 Å². The van der Waals surface area contributed by atoms with E-state index in [1.54, 1.807) is 30.3 Å². The second kappa shape index (κ2) is 9.88. The molecular weight excluding hydrogens is 355 g/mol. The Morgan fingerprint density at radius 3 is 2.12 bits per heavy atom. The van der Waals surface area contributed by atoms with Crippen molar-refractivity contribution in [2.24, 2.45) is 0 Å². The van der Waals surface area contributed by atoms with Gasteiger partial charge in [-0.15, -0.1) is 23.2 Å². The van der Waals surface area contributed by atoms with E-state index in [0.717, 1.165) is 11.3 Å². The standard InChI is InChI=1S/C20H18Cl2N2O/c21-10-12-24(13-11-22)19-8-6-16(7-9-19)14-18(15-23)20(25)17-4-2-1-3-5-17/h1-9,14H,10-13H2/b18-14+. The molecule has 0 heterocycles. The van der Waals surface area contributed by atoms with Crippen molar-refractivity contribution < 1.29 is 4.79 Å². The van der Waals surface area contributed by atoms with Crippen LogP contribution in [-0.4, -0.2) is 30.6 Å². The molecule has 0 amide bonds. The predicted molar refractivity (Wildman–Crippen MR) is 104 cm³/mol. The number of benzene rings is 2. The van der Waals surface area contributed by atoms with Gasteiger partial charge in [-0.05, 0) is 23.8 Å². The molecule has 0 atom stereocenters. The Kier molecular flexibility index (Phi) is 7.53. The predicted octanol–water partition coefficient (Wildman–Crippen LogP) is 4.76. The van der Waals surface area contributed by atoms with Crippen LogP contribution in [0.15, 0.2) is 60.2 Å². The number of allylic oxidation sites excluding steroid dienone is 1. The Labute approximate surface area is 158 Å². The second-order valence-electron chi connectivity index (χ2n) is 5.32. The zero-order valence-corrected chi connectivity index (χ0v) is 15.2. The minimum Gasteiger partial charge on any atom is -0.369 e. The first-order valence-electron chi connectivity index (χ1n) is 7.88. The smallest absolute Gasteiger partial charge is 0.203 e.